The number of rotatable bonds is 2. The van der Waals surface area contributed by atoms with E-state index in [0.717, 1.165) is 11.6 Å². The Morgan fingerprint density at radius 1 is 1.05 bits per heavy atom. The molecule has 0 saturated carbocycles. The van der Waals surface area contributed by atoms with Crippen molar-refractivity contribution in [3.63, 3.8) is 0 Å². The molecule has 2 aromatic carbocycles. The van der Waals surface area contributed by atoms with Crippen molar-refractivity contribution < 1.29 is 13.2 Å². The Kier molecular flexibility index (Phi) is 4.20. The maximum absolute atomic E-state index is 14.1. The average molecular weight is 344 g/mol. The van der Waals surface area contributed by atoms with E-state index in [1.54, 1.807) is 19.9 Å². The summed E-state index contributed by atoms with van der Waals surface area (Å²) in [7, 11) is 0. The van der Waals surface area contributed by atoms with E-state index >= 15 is 0 Å². The lowest BCUT2D eigenvalue weighted by Gasteiger charge is -2.18. The minimum atomic E-state index is -1.02. The predicted molar refractivity (Wildman–Crippen MR) is 76.0 cm³/mol. The second-order valence-electron chi connectivity index (χ2n) is 4.72. The highest BCUT2D eigenvalue weighted by molar-refractivity contribution is 9.10. The summed E-state index contributed by atoms with van der Waals surface area (Å²) in [6.07, 6.45) is 0. The minimum absolute atomic E-state index is 0.0793. The van der Waals surface area contributed by atoms with Crippen molar-refractivity contribution >= 4 is 15.9 Å². The molecule has 0 spiro atoms. The van der Waals surface area contributed by atoms with Gasteiger partial charge >= 0.3 is 0 Å². The van der Waals surface area contributed by atoms with E-state index in [4.69, 9.17) is 5.73 Å². The number of hydrogen-bond donors (Lipinski definition) is 1. The average Bonchev–Trinajstić information content (AvgIpc) is 2.34. The standard InChI is InChI=1S/C15H13BrF3N/c1-7-5-8(2)12(11(18)6-7)15(20)9-3-4-10(17)14(19)13(9)16/h3-6,15H,20H2,1-2H3. The molecule has 0 bridgehead atoms. The highest BCUT2D eigenvalue weighted by Gasteiger charge is 2.21. The van der Waals surface area contributed by atoms with Crippen LogP contribution in [0.5, 0.6) is 0 Å². The fourth-order valence-electron chi connectivity index (χ4n) is 2.26. The first kappa shape index (κ1) is 15.1. The van der Waals surface area contributed by atoms with Crippen LogP contribution in [0.3, 0.4) is 0 Å². The first-order chi connectivity index (χ1) is 9.32. The molecule has 106 valence electrons. The summed E-state index contributed by atoms with van der Waals surface area (Å²) in [5.41, 5.74) is 8.06. The molecule has 0 amide bonds. The van der Waals surface area contributed by atoms with Gasteiger partial charge in [0, 0.05) is 5.56 Å². The molecule has 5 heteroatoms. The summed E-state index contributed by atoms with van der Waals surface area (Å²) >= 11 is 2.98. The van der Waals surface area contributed by atoms with Crippen LogP contribution in [-0.2, 0) is 0 Å². The van der Waals surface area contributed by atoms with E-state index in [1.807, 2.05) is 0 Å². The maximum atomic E-state index is 14.1. The second kappa shape index (κ2) is 5.58. The van der Waals surface area contributed by atoms with Gasteiger partial charge in [0.2, 0.25) is 0 Å². The zero-order valence-corrected chi connectivity index (χ0v) is 12.6. The van der Waals surface area contributed by atoms with Gasteiger partial charge in [0.1, 0.15) is 5.82 Å². The van der Waals surface area contributed by atoms with Crippen LogP contribution in [0.2, 0.25) is 0 Å². The van der Waals surface area contributed by atoms with Crippen LogP contribution in [0.15, 0.2) is 28.7 Å². The predicted octanol–water partition coefficient (Wildman–Crippen LogP) is 4.53. The van der Waals surface area contributed by atoms with Gasteiger partial charge in [-0.15, -0.1) is 0 Å². The third-order valence-corrected chi connectivity index (χ3v) is 4.00. The first-order valence-corrected chi connectivity index (χ1v) is 6.77. The van der Waals surface area contributed by atoms with Gasteiger partial charge < -0.3 is 5.73 Å². The molecule has 1 nitrogen and oxygen atoms in total. The molecule has 0 saturated heterocycles. The molecular weight excluding hydrogens is 331 g/mol. The quantitative estimate of drug-likeness (QED) is 0.796. The van der Waals surface area contributed by atoms with E-state index < -0.39 is 23.5 Å². The zero-order valence-electron chi connectivity index (χ0n) is 11.0. The summed E-state index contributed by atoms with van der Waals surface area (Å²) in [4.78, 5) is 0. The third-order valence-electron chi connectivity index (χ3n) is 3.19. The number of benzene rings is 2. The van der Waals surface area contributed by atoms with Crippen LogP contribution in [0.1, 0.15) is 28.3 Å². The van der Waals surface area contributed by atoms with Gasteiger partial charge in [0.05, 0.1) is 10.5 Å². The molecule has 1 atom stereocenters. The molecule has 0 radical (unpaired) electrons. The number of halogens is 4. The molecular formula is C15H13BrF3N. The Hall–Kier alpha value is -1.33. The zero-order chi connectivity index (χ0) is 15.0. The Balaban J connectivity index is 2.58. The highest BCUT2D eigenvalue weighted by atomic mass is 79.9. The Labute approximate surface area is 123 Å². The molecule has 0 fully saturated rings. The van der Waals surface area contributed by atoms with Crippen molar-refractivity contribution in [2.75, 3.05) is 0 Å². The van der Waals surface area contributed by atoms with Crippen molar-refractivity contribution in [3.05, 3.63) is 68.4 Å². The lowest BCUT2D eigenvalue weighted by molar-refractivity contribution is 0.500. The first-order valence-electron chi connectivity index (χ1n) is 5.98. The minimum Gasteiger partial charge on any atom is -0.320 e. The third kappa shape index (κ3) is 2.60. The molecule has 2 N–H and O–H groups in total. The van der Waals surface area contributed by atoms with Crippen molar-refractivity contribution in [1.82, 2.24) is 0 Å². The van der Waals surface area contributed by atoms with Gasteiger partial charge in [0.25, 0.3) is 0 Å². The van der Waals surface area contributed by atoms with Gasteiger partial charge in [-0.2, -0.15) is 0 Å². The smallest absolute Gasteiger partial charge is 0.173 e. The second-order valence-corrected chi connectivity index (χ2v) is 5.51. The van der Waals surface area contributed by atoms with E-state index in [1.165, 1.54) is 12.1 Å². The van der Waals surface area contributed by atoms with Gasteiger partial charge in [-0.25, -0.2) is 13.2 Å². The summed E-state index contributed by atoms with van der Waals surface area (Å²) in [5.74, 6) is -2.45. The summed E-state index contributed by atoms with van der Waals surface area (Å²) < 4.78 is 40.7. The molecule has 0 heterocycles. The van der Waals surface area contributed by atoms with Crippen LogP contribution < -0.4 is 5.73 Å². The van der Waals surface area contributed by atoms with E-state index in [9.17, 15) is 13.2 Å². The van der Waals surface area contributed by atoms with Gasteiger partial charge in [0.15, 0.2) is 11.6 Å². The van der Waals surface area contributed by atoms with Crippen molar-refractivity contribution in [2.24, 2.45) is 5.73 Å². The number of hydrogen-bond acceptors (Lipinski definition) is 1. The largest absolute Gasteiger partial charge is 0.320 e. The molecule has 20 heavy (non-hydrogen) atoms. The normalized spacial score (nSPS) is 12.6. The van der Waals surface area contributed by atoms with Gasteiger partial charge in [-0.1, -0.05) is 12.1 Å². The number of aryl methyl sites for hydroxylation is 2. The molecule has 0 aromatic heterocycles. The fraction of sp³-hybridized carbons (Fsp3) is 0.200. The monoisotopic (exact) mass is 343 g/mol. The maximum Gasteiger partial charge on any atom is 0.173 e. The molecule has 2 aromatic rings. The molecule has 0 aliphatic carbocycles. The van der Waals surface area contributed by atoms with Crippen LogP contribution in [-0.4, -0.2) is 0 Å². The summed E-state index contributed by atoms with van der Waals surface area (Å²) in [6.45, 7) is 3.51. The number of nitrogens with two attached hydrogens (primary N) is 1. The van der Waals surface area contributed by atoms with Gasteiger partial charge in [-0.3, -0.25) is 0 Å². The Bertz CT molecular complexity index is 647. The molecule has 1 unspecified atom stereocenters. The van der Waals surface area contributed by atoms with E-state index in [-0.39, 0.29) is 10.0 Å². The highest BCUT2D eigenvalue weighted by Crippen LogP contribution is 2.33. The van der Waals surface area contributed by atoms with Crippen LogP contribution >= 0.6 is 15.9 Å². The Morgan fingerprint density at radius 3 is 2.30 bits per heavy atom. The van der Waals surface area contributed by atoms with Crippen molar-refractivity contribution in [3.8, 4) is 0 Å². The van der Waals surface area contributed by atoms with Crippen molar-refractivity contribution in [2.45, 2.75) is 19.9 Å². The topological polar surface area (TPSA) is 26.0 Å². The lowest BCUT2D eigenvalue weighted by atomic mass is 9.94. The fourth-order valence-corrected chi connectivity index (χ4v) is 2.83. The SMILES string of the molecule is Cc1cc(C)c(C(N)c2ccc(F)c(F)c2Br)c(F)c1. The lowest BCUT2D eigenvalue weighted by Crippen LogP contribution is -2.16. The van der Waals surface area contributed by atoms with Gasteiger partial charge in [-0.05, 0) is 58.6 Å². The van der Waals surface area contributed by atoms with Crippen LogP contribution in [0.25, 0.3) is 0 Å². The summed E-state index contributed by atoms with van der Waals surface area (Å²) in [5, 5.41) is 0. The molecule has 0 aliphatic rings. The summed E-state index contributed by atoms with van der Waals surface area (Å²) in [6, 6.07) is 4.63. The molecule has 2 rings (SSSR count). The Morgan fingerprint density at radius 2 is 1.70 bits per heavy atom. The van der Waals surface area contributed by atoms with Crippen molar-refractivity contribution in [1.29, 1.82) is 0 Å². The van der Waals surface area contributed by atoms with Crippen LogP contribution in [0, 0.1) is 31.3 Å². The van der Waals surface area contributed by atoms with Crippen LogP contribution in [0.4, 0.5) is 13.2 Å². The molecule has 0 aliphatic heterocycles. The van der Waals surface area contributed by atoms with E-state index in [2.05, 4.69) is 15.9 Å². The van der Waals surface area contributed by atoms with E-state index in [0.29, 0.717) is 11.1 Å².